The van der Waals surface area contributed by atoms with E-state index in [0.717, 1.165) is 0 Å². The highest BCUT2D eigenvalue weighted by Crippen LogP contribution is 2.54. The molecule has 0 radical (unpaired) electrons. The Balaban J connectivity index is 1.66. The summed E-state index contributed by atoms with van der Waals surface area (Å²) in [6, 6.07) is 6.38. The van der Waals surface area contributed by atoms with Gasteiger partial charge < -0.3 is 36.2 Å². The van der Waals surface area contributed by atoms with Gasteiger partial charge in [0.1, 0.15) is 28.6 Å². The highest BCUT2D eigenvalue weighted by molar-refractivity contribution is 6.24. The fraction of sp³-hybridized carbons (Fsp3) is 0.387. The van der Waals surface area contributed by atoms with Gasteiger partial charge >= 0.3 is 6.18 Å². The van der Waals surface area contributed by atoms with Crippen LogP contribution < -0.4 is 15.8 Å². The molecule has 4 atom stereocenters. The van der Waals surface area contributed by atoms with Crippen molar-refractivity contribution in [2.45, 2.75) is 37.2 Å². The van der Waals surface area contributed by atoms with Crippen LogP contribution in [-0.4, -0.2) is 88.4 Å². The van der Waals surface area contributed by atoms with Crippen molar-refractivity contribution in [1.82, 2.24) is 10.2 Å². The van der Waals surface area contributed by atoms with E-state index in [1.165, 1.54) is 32.2 Å². The number of carbonyl (C=O) groups excluding carboxylic acids is 3. The normalized spacial score (nSPS) is 24.8. The number of nitrogens with zero attached hydrogens (tertiary/aromatic N) is 1. The van der Waals surface area contributed by atoms with Gasteiger partial charge in [-0.2, -0.15) is 13.2 Å². The molecular weight excluding hydrogens is 599 g/mol. The Bertz CT molecular complexity index is 1680. The number of methoxy groups -OCH3 is 1. The van der Waals surface area contributed by atoms with E-state index in [0.29, 0.717) is 28.0 Å². The molecule has 1 saturated carbocycles. The van der Waals surface area contributed by atoms with Gasteiger partial charge in [0.05, 0.1) is 25.3 Å². The van der Waals surface area contributed by atoms with Crippen LogP contribution in [0.25, 0.3) is 16.9 Å². The number of hydrogen-bond acceptors (Lipinski definition) is 10. The quantitative estimate of drug-likeness (QED) is 0.248. The van der Waals surface area contributed by atoms with E-state index >= 15 is 0 Å². The number of phenolic OH excluding ortho intramolecular Hbond substituents is 1. The van der Waals surface area contributed by atoms with Crippen molar-refractivity contribution in [3.63, 3.8) is 0 Å². The number of alkyl halides is 3. The fourth-order valence-electron chi connectivity index (χ4n) is 6.92. The molecule has 0 bridgehead atoms. The lowest BCUT2D eigenvalue weighted by Gasteiger charge is -2.50. The lowest BCUT2D eigenvalue weighted by atomic mass is 9.57. The number of likely N-dealkylation sites (N-methyl/N-ethyl adjacent to an activating group) is 1. The van der Waals surface area contributed by atoms with Gasteiger partial charge in [-0.3, -0.25) is 19.3 Å². The summed E-state index contributed by atoms with van der Waals surface area (Å²) in [6.45, 7) is -1.32. The largest absolute Gasteiger partial charge is 0.508 e. The molecule has 7 N–H and O–H groups in total. The van der Waals surface area contributed by atoms with Crippen LogP contribution in [0.4, 0.5) is 13.2 Å². The van der Waals surface area contributed by atoms with Crippen LogP contribution >= 0.6 is 0 Å². The van der Waals surface area contributed by atoms with Crippen molar-refractivity contribution in [3.05, 3.63) is 63.9 Å². The number of aliphatic hydroxyl groups is 3. The predicted molar refractivity (Wildman–Crippen MR) is 154 cm³/mol. The van der Waals surface area contributed by atoms with Gasteiger partial charge in [-0.1, -0.05) is 12.1 Å². The lowest BCUT2D eigenvalue weighted by Crippen LogP contribution is -2.65. The van der Waals surface area contributed by atoms with E-state index in [1.54, 1.807) is 24.3 Å². The van der Waals surface area contributed by atoms with Crippen LogP contribution in [-0.2, 0) is 27.3 Å². The van der Waals surface area contributed by atoms with Crippen LogP contribution in [0.1, 0.15) is 23.1 Å². The maximum atomic E-state index is 14.0. The second kappa shape index (κ2) is 11.2. The van der Waals surface area contributed by atoms with Crippen molar-refractivity contribution < 1.29 is 52.7 Å². The number of hydrogen-bond donors (Lipinski definition) is 6. The van der Waals surface area contributed by atoms with Crippen molar-refractivity contribution in [2.75, 3.05) is 27.7 Å². The summed E-state index contributed by atoms with van der Waals surface area (Å²) in [4.78, 5) is 40.9. The number of halogens is 3. The molecule has 14 heteroatoms. The molecule has 1 amide bonds. The molecule has 2 aromatic carbocycles. The third-order valence-corrected chi connectivity index (χ3v) is 8.81. The van der Waals surface area contributed by atoms with Crippen molar-refractivity contribution in [3.8, 4) is 22.6 Å². The van der Waals surface area contributed by atoms with Crippen LogP contribution in [0, 0.1) is 11.8 Å². The second-order valence-electron chi connectivity index (χ2n) is 11.7. The molecular formula is C31H32F3N3O8. The molecule has 11 nitrogen and oxygen atoms in total. The Morgan fingerprint density at radius 3 is 2.42 bits per heavy atom. The third kappa shape index (κ3) is 5.12. The van der Waals surface area contributed by atoms with Crippen LogP contribution in [0.5, 0.6) is 11.5 Å². The number of ether oxygens (including phenoxy) is 1. The summed E-state index contributed by atoms with van der Waals surface area (Å²) < 4.78 is 43.7. The summed E-state index contributed by atoms with van der Waals surface area (Å²) in [5.74, 6) is -7.27. The van der Waals surface area contributed by atoms with E-state index in [4.69, 9.17) is 10.5 Å². The summed E-state index contributed by atoms with van der Waals surface area (Å²) in [5.41, 5.74) is 3.05. The maximum Gasteiger partial charge on any atom is 0.401 e. The maximum absolute atomic E-state index is 14.0. The molecule has 0 saturated heterocycles. The average molecular weight is 632 g/mol. The highest BCUT2D eigenvalue weighted by Gasteiger charge is 2.64. The Kier molecular flexibility index (Phi) is 7.96. The molecule has 3 aliphatic rings. The number of fused-ring (bicyclic) bond motifs is 3. The first-order chi connectivity index (χ1) is 21.0. The first-order valence-electron chi connectivity index (χ1n) is 14.0. The van der Waals surface area contributed by atoms with Crippen LogP contribution in [0.2, 0.25) is 0 Å². The van der Waals surface area contributed by atoms with Crippen molar-refractivity contribution in [1.29, 1.82) is 0 Å². The number of phenols is 1. The van der Waals surface area contributed by atoms with E-state index in [9.17, 15) is 48.0 Å². The summed E-state index contributed by atoms with van der Waals surface area (Å²) in [7, 11) is 4.42. The summed E-state index contributed by atoms with van der Waals surface area (Å²) in [5, 5.41) is 47.5. The van der Waals surface area contributed by atoms with E-state index in [1.807, 2.05) is 0 Å². The Hall–Kier alpha value is -4.40. The topological polar surface area (TPSA) is 183 Å². The number of rotatable bonds is 7. The number of benzene rings is 2. The number of aromatic hydroxyl groups is 1. The number of ketones is 2. The molecule has 0 heterocycles. The van der Waals surface area contributed by atoms with Gasteiger partial charge in [0.15, 0.2) is 11.4 Å². The van der Waals surface area contributed by atoms with Gasteiger partial charge in [-0.05, 0) is 67.7 Å². The average Bonchev–Trinajstić information content (AvgIpc) is 2.94. The van der Waals surface area contributed by atoms with E-state index < -0.39 is 76.5 Å². The predicted octanol–water partition coefficient (Wildman–Crippen LogP) is 2.29. The molecule has 0 spiro atoms. The number of aliphatic hydroxyl groups excluding tert-OH is 2. The van der Waals surface area contributed by atoms with Gasteiger partial charge in [0, 0.05) is 23.6 Å². The van der Waals surface area contributed by atoms with E-state index in [-0.39, 0.29) is 30.5 Å². The fourth-order valence-corrected chi connectivity index (χ4v) is 6.92. The minimum absolute atomic E-state index is 0.0258. The van der Waals surface area contributed by atoms with Crippen LogP contribution in [0.3, 0.4) is 0 Å². The molecule has 0 aromatic heterocycles. The molecule has 0 aliphatic heterocycles. The van der Waals surface area contributed by atoms with Crippen LogP contribution in [0.15, 0.2) is 47.2 Å². The van der Waals surface area contributed by atoms with Gasteiger partial charge in [0.2, 0.25) is 5.78 Å². The molecule has 1 fully saturated rings. The Morgan fingerprint density at radius 2 is 1.82 bits per heavy atom. The number of nitrogens with two attached hydrogens (primary N) is 1. The van der Waals surface area contributed by atoms with Crippen molar-refractivity contribution >= 4 is 23.2 Å². The lowest BCUT2D eigenvalue weighted by molar-refractivity contribution is -0.153. The molecule has 3 aliphatic carbocycles. The van der Waals surface area contributed by atoms with Gasteiger partial charge in [0.25, 0.3) is 5.91 Å². The standard InChI is InChI=1S/C31H32F3N3O8/c1-37(2)24-18-10-14-9-17-15(16-8-13(4-7-20(16)45-3)11-36-12-30(32,33)34)5-6-19(38)22(17)25(39)21(14)27(41)31(18,44)28(42)23(26(24)40)29(35)43/h4-8,14,18,24,36,38-39,42,44H,9-12H2,1-3H3,(H2,35,43). The smallest absolute Gasteiger partial charge is 0.401 e. The minimum Gasteiger partial charge on any atom is -0.508 e. The number of Topliss-reactive ketones (excluding diaryl/α,β-unsaturated/α-hetero) is 2. The zero-order valence-electron chi connectivity index (χ0n) is 24.5. The molecule has 240 valence electrons. The van der Waals surface area contributed by atoms with Crippen molar-refractivity contribution in [2.24, 2.45) is 17.6 Å². The summed E-state index contributed by atoms with van der Waals surface area (Å²) >= 11 is 0. The Morgan fingerprint density at radius 1 is 1.13 bits per heavy atom. The zero-order valence-corrected chi connectivity index (χ0v) is 24.5. The number of carbonyl (C=O) groups is 3. The SMILES string of the molecule is COc1ccc(CNCC(F)(F)F)cc1-c1ccc(O)c2c1CC1CC3C(N(C)C)C(=O)C(C(N)=O)=C(O)C3(O)C(=O)C1=C2O. The monoisotopic (exact) mass is 631 g/mol. The zero-order chi connectivity index (χ0) is 33.2. The number of amides is 1. The minimum atomic E-state index is -4.40. The molecule has 4 unspecified atom stereocenters. The van der Waals surface area contributed by atoms with Gasteiger partial charge in [-0.25, -0.2) is 0 Å². The second-order valence-corrected chi connectivity index (χ2v) is 11.7. The first kappa shape index (κ1) is 32.0. The molecule has 2 aromatic rings. The summed E-state index contributed by atoms with van der Waals surface area (Å²) in [6.07, 6.45) is -4.48. The molecule has 45 heavy (non-hydrogen) atoms. The third-order valence-electron chi connectivity index (χ3n) is 8.81. The Labute approximate surface area is 255 Å². The first-order valence-corrected chi connectivity index (χ1v) is 14.0. The number of nitrogens with one attached hydrogen (secondary N) is 1. The number of primary amides is 1. The van der Waals surface area contributed by atoms with Gasteiger partial charge in [-0.15, -0.1) is 0 Å². The van der Waals surface area contributed by atoms with E-state index in [2.05, 4.69) is 5.32 Å². The highest BCUT2D eigenvalue weighted by atomic mass is 19.4. The molecule has 5 rings (SSSR count).